The van der Waals surface area contributed by atoms with Crippen molar-refractivity contribution in [1.29, 1.82) is 0 Å². The van der Waals surface area contributed by atoms with Crippen LogP contribution in [0.4, 0.5) is 5.95 Å². The second kappa shape index (κ2) is 5.24. The van der Waals surface area contributed by atoms with E-state index in [0.29, 0.717) is 19.1 Å². The number of hydrogen-bond donors (Lipinski definition) is 1. The van der Waals surface area contributed by atoms with E-state index in [0.717, 1.165) is 16.6 Å². The highest BCUT2D eigenvalue weighted by Crippen LogP contribution is 2.22. The van der Waals surface area contributed by atoms with Crippen molar-refractivity contribution in [2.24, 2.45) is 0 Å². The first-order valence-electron chi connectivity index (χ1n) is 5.08. The largest absolute Gasteiger partial charge is 0.378 e. The summed E-state index contributed by atoms with van der Waals surface area (Å²) in [7, 11) is 1.71. The van der Waals surface area contributed by atoms with E-state index in [1.54, 1.807) is 19.5 Å². The predicted molar refractivity (Wildman–Crippen MR) is 68.4 cm³/mol. The van der Waals surface area contributed by atoms with E-state index in [1.165, 1.54) is 0 Å². The van der Waals surface area contributed by atoms with Gasteiger partial charge in [-0.05, 0) is 22.6 Å². The van der Waals surface area contributed by atoms with E-state index in [1.807, 2.05) is 0 Å². The predicted octanol–water partition coefficient (Wildman–Crippen LogP) is 1.30. The number of aromatic nitrogens is 2. The number of anilines is 1. The van der Waals surface area contributed by atoms with Gasteiger partial charge in [-0.3, -0.25) is 0 Å². The molecule has 1 saturated heterocycles. The molecular weight excluding hydrogens is 321 g/mol. The van der Waals surface area contributed by atoms with Crippen molar-refractivity contribution in [2.45, 2.75) is 12.0 Å². The van der Waals surface area contributed by atoms with Gasteiger partial charge in [-0.2, -0.15) is 0 Å². The van der Waals surface area contributed by atoms with Crippen molar-refractivity contribution >= 4 is 28.5 Å². The second-order valence-electron chi connectivity index (χ2n) is 3.77. The van der Waals surface area contributed by atoms with E-state index in [9.17, 15) is 0 Å². The standard InChI is InChI=1S/C10H14IN3O2/c1-15-10(2-3-16-7-10)6-14-9-12-4-8(11)5-13-9/h4-5H,2-3,6-7H2,1H3,(H,12,13,14). The molecule has 1 atom stereocenters. The molecule has 16 heavy (non-hydrogen) atoms. The van der Waals surface area contributed by atoms with Crippen molar-refractivity contribution in [3.8, 4) is 0 Å². The molecule has 0 amide bonds. The van der Waals surface area contributed by atoms with Gasteiger partial charge in [0.05, 0.1) is 6.61 Å². The Morgan fingerprint density at radius 3 is 2.88 bits per heavy atom. The number of rotatable bonds is 4. The summed E-state index contributed by atoms with van der Waals surface area (Å²) >= 11 is 2.18. The molecule has 1 aliphatic rings. The highest BCUT2D eigenvalue weighted by Gasteiger charge is 2.34. The lowest BCUT2D eigenvalue weighted by Crippen LogP contribution is -2.39. The number of nitrogens with one attached hydrogen (secondary N) is 1. The van der Waals surface area contributed by atoms with Gasteiger partial charge in [-0.1, -0.05) is 0 Å². The average Bonchev–Trinajstić information content (AvgIpc) is 2.78. The van der Waals surface area contributed by atoms with Gasteiger partial charge in [0.2, 0.25) is 5.95 Å². The lowest BCUT2D eigenvalue weighted by atomic mass is 10.0. The van der Waals surface area contributed by atoms with Crippen molar-refractivity contribution in [3.05, 3.63) is 16.0 Å². The maximum Gasteiger partial charge on any atom is 0.222 e. The van der Waals surface area contributed by atoms with Gasteiger partial charge in [0, 0.05) is 42.6 Å². The zero-order valence-electron chi connectivity index (χ0n) is 9.07. The minimum atomic E-state index is -0.230. The SMILES string of the molecule is COC1(CNc2ncc(I)cn2)CCOC1. The molecule has 1 unspecified atom stereocenters. The normalized spacial score (nSPS) is 24.6. The summed E-state index contributed by atoms with van der Waals surface area (Å²) < 4.78 is 11.9. The Bertz CT molecular complexity index is 338. The number of ether oxygens (including phenoxy) is 2. The molecule has 88 valence electrons. The molecule has 1 aromatic heterocycles. The van der Waals surface area contributed by atoms with Crippen LogP contribution in [0.3, 0.4) is 0 Å². The molecule has 0 saturated carbocycles. The Kier molecular flexibility index (Phi) is 3.93. The third kappa shape index (κ3) is 2.80. The molecule has 5 nitrogen and oxygen atoms in total. The second-order valence-corrected chi connectivity index (χ2v) is 5.01. The first-order chi connectivity index (χ1) is 7.74. The van der Waals surface area contributed by atoms with E-state index in [2.05, 4.69) is 37.9 Å². The number of hydrogen-bond acceptors (Lipinski definition) is 5. The van der Waals surface area contributed by atoms with Crippen LogP contribution in [0.2, 0.25) is 0 Å². The fraction of sp³-hybridized carbons (Fsp3) is 0.600. The fourth-order valence-corrected chi connectivity index (χ4v) is 1.88. The number of nitrogens with zero attached hydrogens (tertiary/aromatic N) is 2. The van der Waals surface area contributed by atoms with Crippen LogP contribution in [-0.4, -0.2) is 42.4 Å². The monoisotopic (exact) mass is 335 g/mol. The molecule has 2 rings (SSSR count). The molecule has 1 fully saturated rings. The molecule has 0 radical (unpaired) electrons. The van der Waals surface area contributed by atoms with Crippen LogP contribution in [0.1, 0.15) is 6.42 Å². The maximum atomic E-state index is 5.50. The molecule has 0 spiro atoms. The van der Waals surface area contributed by atoms with Crippen molar-refractivity contribution in [1.82, 2.24) is 9.97 Å². The minimum Gasteiger partial charge on any atom is -0.378 e. The molecule has 1 aromatic rings. The zero-order valence-corrected chi connectivity index (χ0v) is 11.2. The van der Waals surface area contributed by atoms with Gasteiger partial charge in [0.1, 0.15) is 5.60 Å². The van der Waals surface area contributed by atoms with Crippen LogP contribution in [0.5, 0.6) is 0 Å². The lowest BCUT2D eigenvalue weighted by molar-refractivity contribution is -0.00631. The Morgan fingerprint density at radius 2 is 2.31 bits per heavy atom. The number of methoxy groups -OCH3 is 1. The van der Waals surface area contributed by atoms with Crippen LogP contribution < -0.4 is 5.32 Å². The molecule has 6 heteroatoms. The number of halogens is 1. The Hall–Kier alpha value is -0.470. The smallest absolute Gasteiger partial charge is 0.222 e. The van der Waals surface area contributed by atoms with Gasteiger partial charge in [0.15, 0.2) is 0 Å². The van der Waals surface area contributed by atoms with Crippen LogP contribution in [0.15, 0.2) is 12.4 Å². The summed E-state index contributed by atoms with van der Waals surface area (Å²) in [6.07, 6.45) is 4.46. The van der Waals surface area contributed by atoms with E-state index >= 15 is 0 Å². The third-order valence-electron chi connectivity index (χ3n) is 2.69. The summed E-state index contributed by atoms with van der Waals surface area (Å²) in [6, 6.07) is 0. The average molecular weight is 335 g/mol. The molecular formula is C10H14IN3O2. The van der Waals surface area contributed by atoms with Gasteiger partial charge in [-0.25, -0.2) is 9.97 Å². The summed E-state index contributed by atoms with van der Waals surface area (Å²) in [5, 5.41) is 3.18. The van der Waals surface area contributed by atoms with Crippen molar-refractivity contribution in [2.75, 3.05) is 32.2 Å². The minimum absolute atomic E-state index is 0.230. The van der Waals surface area contributed by atoms with Crippen LogP contribution >= 0.6 is 22.6 Å². The molecule has 0 bridgehead atoms. The summed E-state index contributed by atoms with van der Waals surface area (Å²) in [6.45, 7) is 2.05. The van der Waals surface area contributed by atoms with E-state index in [-0.39, 0.29) is 5.60 Å². The van der Waals surface area contributed by atoms with Gasteiger partial charge >= 0.3 is 0 Å². The van der Waals surface area contributed by atoms with E-state index in [4.69, 9.17) is 9.47 Å². The molecule has 2 heterocycles. The summed E-state index contributed by atoms with van der Waals surface area (Å²) in [5.74, 6) is 0.628. The van der Waals surface area contributed by atoms with Crippen LogP contribution in [0, 0.1) is 3.57 Å². The van der Waals surface area contributed by atoms with Crippen LogP contribution in [-0.2, 0) is 9.47 Å². The first-order valence-corrected chi connectivity index (χ1v) is 6.16. The first kappa shape index (κ1) is 12.0. The molecule has 0 aliphatic carbocycles. The van der Waals surface area contributed by atoms with E-state index < -0.39 is 0 Å². The lowest BCUT2D eigenvalue weighted by Gasteiger charge is -2.25. The maximum absolute atomic E-state index is 5.50. The summed E-state index contributed by atoms with van der Waals surface area (Å²) in [5.41, 5.74) is -0.230. The fourth-order valence-electron chi connectivity index (χ4n) is 1.60. The molecule has 1 N–H and O–H groups in total. The topological polar surface area (TPSA) is 56.3 Å². The van der Waals surface area contributed by atoms with Crippen molar-refractivity contribution < 1.29 is 9.47 Å². The van der Waals surface area contributed by atoms with Gasteiger partial charge < -0.3 is 14.8 Å². The van der Waals surface area contributed by atoms with Gasteiger partial charge in [-0.15, -0.1) is 0 Å². The quantitative estimate of drug-likeness (QED) is 0.841. The van der Waals surface area contributed by atoms with Crippen LogP contribution in [0.25, 0.3) is 0 Å². The molecule has 1 aliphatic heterocycles. The highest BCUT2D eigenvalue weighted by molar-refractivity contribution is 14.1. The molecule has 0 aromatic carbocycles. The van der Waals surface area contributed by atoms with Gasteiger partial charge in [0.25, 0.3) is 0 Å². The zero-order chi connectivity index (χ0) is 11.4. The van der Waals surface area contributed by atoms with Crippen molar-refractivity contribution in [3.63, 3.8) is 0 Å². The Balaban J connectivity index is 1.93. The Morgan fingerprint density at radius 1 is 1.56 bits per heavy atom. The third-order valence-corrected chi connectivity index (χ3v) is 3.25. The Labute approximate surface area is 108 Å². The highest BCUT2D eigenvalue weighted by atomic mass is 127. The summed E-state index contributed by atoms with van der Waals surface area (Å²) in [4.78, 5) is 8.36.